The van der Waals surface area contributed by atoms with E-state index in [4.69, 9.17) is 17.0 Å². The number of methoxy groups -OCH3 is 1. The van der Waals surface area contributed by atoms with Crippen molar-refractivity contribution in [3.8, 4) is 11.4 Å². The second-order valence-corrected chi connectivity index (χ2v) is 7.69. The first kappa shape index (κ1) is 20.1. The first-order valence-corrected chi connectivity index (χ1v) is 10.3. The lowest BCUT2D eigenvalue weighted by molar-refractivity contribution is -0.127. The predicted octanol–water partition coefficient (Wildman–Crippen LogP) is 3.50. The zero-order chi connectivity index (χ0) is 21.3. The van der Waals surface area contributed by atoms with E-state index in [-0.39, 0.29) is 5.91 Å². The van der Waals surface area contributed by atoms with Crippen molar-refractivity contribution in [3.63, 3.8) is 0 Å². The van der Waals surface area contributed by atoms with Gasteiger partial charge in [0.15, 0.2) is 5.11 Å². The third-order valence-electron chi connectivity index (χ3n) is 5.45. The highest BCUT2D eigenvalue weighted by molar-refractivity contribution is 7.80. The zero-order valence-corrected chi connectivity index (χ0v) is 18.1. The minimum Gasteiger partial charge on any atom is -0.497 e. The number of nitrogens with zero attached hydrogens (tertiary/aromatic N) is 3. The van der Waals surface area contributed by atoms with Crippen LogP contribution in [0.4, 0.5) is 0 Å². The van der Waals surface area contributed by atoms with Crippen LogP contribution in [0.25, 0.3) is 5.69 Å². The number of nitrogens with one attached hydrogen (secondary N) is 1. The number of para-hydroxylation sites is 1. The quantitative estimate of drug-likeness (QED) is 0.619. The molecule has 0 saturated carbocycles. The number of aromatic nitrogens is 2. The third-order valence-corrected chi connectivity index (χ3v) is 5.78. The molecule has 30 heavy (non-hydrogen) atoms. The highest BCUT2D eigenvalue weighted by atomic mass is 32.1. The van der Waals surface area contributed by atoms with Crippen LogP contribution in [0.15, 0.2) is 54.6 Å². The van der Waals surface area contributed by atoms with Gasteiger partial charge in [-0.2, -0.15) is 5.10 Å². The van der Waals surface area contributed by atoms with Crippen molar-refractivity contribution in [2.24, 2.45) is 0 Å². The van der Waals surface area contributed by atoms with Crippen LogP contribution >= 0.6 is 12.2 Å². The molecule has 0 unspecified atom stereocenters. The minimum absolute atomic E-state index is 0.0349. The van der Waals surface area contributed by atoms with Crippen LogP contribution in [0.1, 0.15) is 28.6 Å². The number of benzene rings is 2. The van der Waals surface area contributed by atoms with Crippen LogP contribution in [0.5, 0.6) is 5.75 Å². The Morgan fingerprint density at radius 1 is 1.10 bits per heavy atom. The van der Waals surface area contributed by atoms with Gasteiger partial charge in [0.1, 0.15) is 11.8 Å². The summed E-state index contributed by atoms with van der Waals surface area (Å²) in [5.41, 5.74) is 4.73. The normalized spacial score (nSPS) is 16.1. The highest BCUT2D eigenvalue weighted by Gasteiger charge is 2.39. The van der Waals surface area contributed by atoms with E-state index in [1.54, 1.807) is 12.0 Å². The van der Waals surface area contributed by atoms with Gasteiger partial charge in [-0.25, -0.2) is 4.68 Å². The monoisotopic (exact) mass is 420 g/mol. The summed E-state index contributed by atoms with van der Waals surface area (Å²) in [7, 11) is 1.64. The summed E-state index contributed by atoms with van der Waals surface area (Å²) >= 11 is 5.48. The molecule has 1 atom stereocenters. The van der Waals surface area contributed by atoms with Gasteiger partial charge in [0, 0.05) is 17.8 Å². The van der Waals surface area contributed by atoms with E-state index in [9.17, 15) is 4.79 Å². The van der Waals surface area contributed by atoms with Gasteiger partial charge in [0.2, 0.25) is 0 Å². The van der Waals surface area contributed by atoms with Crippen LogP contribution in [-0.2, 0) is 11.2 Å². The SMILES string of the molecule is COc1ccc(CCN2C(=O)[C@@H](c3c(C)nn(-c4ccccc4)c3C)NC2=S)cc1. The number of amides is 1. The molecule has 1 aromatic heterocycles. The third kappa shape index (κ3) is 3.68. The molecule has 0 aliphatic carbocycles. The Morgan fingerprint density at radius 2 is 1.80 bits per heavy atom. The van der Waals surface area contributed by atoms with Gasteiger partial charge in [0.05, 0.1) is 18.5 Å². The van der Waals surface area contributed by atoms with Crippen molar-refractivity contribution in [1.29, 1.82) is 0 Å². The van der Waals surface area contributed by atoms with Crippen molar-refractivity contribution >= 4 is 23.2 Å². The molecule has 3 aromatic rings. The molecule has 1 saturated heterocycles. The van der Waals surface area contributed by atoms with E-state index in [2.05, 4.69) is 10.4 Å². The van der Waals surface area contributed by atoms with Gasteiger partial charge in [-0.15, -0.1) is 0 Å². The summed E-state index contributed by atoms with van der Waals surface area (Å²) in [5.74, 6) is 0.780. The standard InChI is InChI=1S/C23H24N4O2S/c1-15-20(16(2)27(25-15)18-7-5-4-6-8-18)21-22(28)26(23(30)24-21)14-13-17-9-11-19(29-3)12-10-17/h4-12,21H,13-14H2,1-3H3,(H,24,30)/t21-/m1/s1. The lowest BCUT2D eigenvalue weighted by atomic mass is 10.0. The van der Waals surface area contributed by atoms with Crippen molar-refractivity contribution in [1.82, 2.24) is 20.0 Å². The van der Waals surface area contributed by atoms with Gasteiger partial charge < -0.3 is 10.1 Å². The molecule has 7 heteroatoms. The van der Waals surface area contributed by atoms with Gasteiger partial charge in [-0.3, -0.25) is 9.69 Å². The fourth-order valence-electron chi connectivity index (χ4n) is 3.85. The van der Waals surface area contributed by atoms with E-state index < -0.39 is 6.04 Å². The second-order valence-electron chi connectivity index (χ2n) is 7.30. The van der Waals surface area contributed by atoms with Crippen LogP contribution < -0.4 is 10.1 Å². The van der Waals surface area contributed by atoms with Crippen LogP contribution in [0.2, 0.25) is 0 Å². The maximum atomic E-state index is 13.2. The summed E-state index contributed by atoms with van der Waals surface area (Å²) in [6, 6.07) is 17.3. The maximum Gasteiger partial charge on any atom is 0.256 e. The van der Waals surface area contributed by atoms with Crippen LogP contribution in [0.3, 0.4) is 0 Å². The first-order valence-electron chi connectivity index (χ1n) is 9.86. The molecule has 0 bridgehead atoms. The van der Waals surface area contributed by atoms with Crippen LogP contribution in [-0.4, -0.2) is 39.4 Å². The Morgan fingerprint density at radius 3 is 2.47 bits per heavy atom. The van der Waals surface area contributed by atoms with E-state index in [1.807, 2.05) is 73.1 Å². The van der Waals surface area contributed by atoms with Gasteiger partial charge in [-0.05, 0) is 62.3 Å². The van der Waals surface area contributed by atoms with Gasteiger partial charge in [0.25, 0.3) is 5.91 Å². The molecule has 1 N–H and O–H groups in total. The molecular formula is C23H24N4O2S. The number of ether oxygens (including phenoxy) is 1. The number of carbonyl (C=O) groups excluding carboxylic acids is 1. The summed E-state index contributed by atoms with van der Waals surface area (Å²) in [4.78, 5) is 14.9. The molecule has 1 aliphatic rings. The molecule has 2 aromatic carbocycles. The topological polar surface area (TPSA) is 59.4 Å². The van der Waals surface area contributed by atoms with Crippen molar-refractivity contribution in [2.45, 2.75) is 26.3 Å². The molecule has 6 nitrogen and oxygen atoms in total. The van der Waals surface area contributed by atoms with Crippen LogP contribution in [0, 0.1) is 13.8 Å². The fourth-order valence-corrected chi connectivity index (χ4v) is 4.15. The van der Waals surface area contributed by atoms with Gasteiger partial charge in [-0.1, -0.05) is 30.3 Å². The Balaban J connectivity index is 1.53. The first-order chi connectivity index (χ1) is 14.5. The summed E-state index contributed by atoms with van der Waals surface area (Å²) in [6.07, 6.45) is 0.714. The molecule has 4 rings (SSSR count). The molecule has 1 aliphatic heterocycles. The minimum atomic E-state index is -0.508. The number of hydrogen-bond acceptors (Lipinski definition) is 4. The molecule has 0 spiro atoms. The Hall–Kier alpha value is -3.19. The van der Waals surface area contributed by atoms with E-state index in [0.29, 0.717) is 18.1 Å². The fraction of sp³-hybridized carbons (Fsp3) is 0.261. The predicted molar refractivity (Wildman–Crippen MR) is 120 cm³/mol. The molecule has 0 radical (unpaired) electrons. The Labute approximate surface area is 181 Å². The molecule has 1 fully saturated rings. The smallest absolute Gasteiger partial charge is 0.256 e. The van der Waals surface area contributed by atoms with E-state index in [1.165, 1.54) is 0 Å². The number of carbonyl (C=O) groups is 1. The summed E-state index contributed by atoms with van der Waals surface area (Å²) in [5, 5.41) is 8.34. The van der Waals surface area contributed by atoms with Crippen molar-refractivity contribution in [2.75, 3.05) is 13.7 Å². The Kier molecular flexibility index (Phi) is 5.55. The Bertz CT molecular complexity index is 1080. The lowest BCUT2D eigenvalue weighted by Gasteiger charge is -2.15. The lowest BCUT2D eigenvalue weighted by Crippen LogP contribution is -2.32. The molecule has 154 valence electrons. The number of hydrogen-bond donors (Lipinski definition) is 1. The number of thiocarbonyl (C=S) groups is 1. The summed E-state index contributed by atoms with van der Waals surface area (Å²) < 4.78 is 7.08. The van der Waals surface area contributed by atoms with E-state index >= 15 is 0 Å². The largest absolute Gasteiger partial charge is 0.497 e. The second kappa shape index (κ2) is 8.28. The van der Waals surface area contributed by atoms with Crippen molar-refractivity contribution in [3.05, 3.63) is 77.1 Å². The average Bonchev–Trinajstić information content (AvgIpc) is 3.21. The summed E-state index contributed by atoms with van der Waals surface area (Å²) in [6.45, 7) is 4.44. The highest BCUT2D eigenvalue weighted by Crippen LogP contribution is 2.29. The van der Waals surface area contributed by atoms with Gasteiger partial charge >= 0.3 is 0 Å². The average molecular weight is 421 g/mol. The number of aryl methyl sites for hydroxylation is 1. The molecule has 1 amide bonds. The zero-order valence-electron chi connectivity index (χ0n) is 17.3. The molecular weight excluding hydrogens is 396 g/mol. The maximum absolute atomic E-state index is 13.2. The molecule has 2 heterocycles. The van der Waals surface area contributed by atoms with Crippen molar-refractivity contribution < 1.29 is 9.53 Å². The van der Waals surface area contributed by atoms with E-state index in [0.717, 1.165) is 34.0 Å². The number of rotatable bonds is 6.